The fourth-order valence-electron chi connectivity index (χ4n) is 1.30. The number of ether oxygens (including phenoxy) is 1. The molecule has 0 aromatic heterocycles. The van der Waals surface area contributed by atoms with E-state index in [0.717, 1.165) is 18.2 Å². The molecule has 0 aliphatic rings. The number of benzene rings is 1. The number of sulfonamides is 1. The smallest absolute Gasteiger partial charge is 0.271 e. The van der Waals surface area contributed by atoms with Crippen LogP contribution in [-0.2, 0) is 14.8 Å². The van der Waals surface area contributed by atoms with Crippen LogP contribution in [0.2, 0.25) is 0 Å². The highest BCUT2D eigenvalue weighted by atomic mass is 32.2. The summed E-state index contributed by atoms with van der Waals surface area (Å²) in [5, 5.41) is 17.9. The first-order valence-corrected chi connectivity index (χ1v) is 6.94. The molecule has 0 heterocycles. The lowest BCUT2D eigenvalue weighted by atomic mass is 10.3. The van der Waals surface area contributed by atoms with Crippen molar-refractivity contribution < 1.29 is 22.9 Å². The van der Waals surface area contributed by atoms with E-state index in [-0.39, 0.29) is 12.3 Å². The molecular formula is C11H11N3O6S. The average molecular weight is 313 g/mol. The van der Waals surface area contributed by atoms with E-state index >= 15 is 0 Å². The van der Waals surface area contributed by atoms with Crippen LogP contribution in [0, 0.1) is 22.5 Å². The van der Waals surface area contributed by atoms with Crippen molar-refractivity contribution in [2.24, 2.45) is 5.14 Å². The van der Waals surface area contributed by atoms with Crippen molar-refractivity contribution in [3.63, 3.8) is 0 Å². The summed E-state index contributed by atoms with van der Waals surface area (Å²) in [5.41, 5.74) is -0.469. The minimum absolute atomic E-state index is 0.00943. The first-order chi connectivity index (χ1) is 9.75. The minimum atomic E-state index is -4.25. The van der Waals surface area contributed by atoms with Crippen LogP contribution in [0.25, 0.3) is 0 Å². The van der Waals surface area contributed by atoms with E-state index < -0.39 is 38.0 Å². The van der Waals surface area contributed by atoms with Gasteiger partial charge in [0.05, 0.1) is 11.5 Å². The monoisotopic (exact) mass is 313 g/mol. The van der Waals surface area contributed by atoms with E-state index in [0.29, 0.717) is 0 Å². The molecule has 1 amide bonds. The first kappa shape index (κ1) is 16.4. The van der Waals surface area contributed by atoms with E-state index in [1.165, 1.54) is 0 Å². The van der Waals surface area contributed by atoms with Gasteiger partial charge < -0.3 is 10.1 Å². The topological polar surface area (TPSA) is 142 Å². The lowest BCUT2D eigenvalue weighted by Gasteiger charge is -2.09. The number of hydrogen-bond donors (Lipinski definition) is 2. The summed E-state index contributed by atoms with van der Waals surface area (Å²) in [6, 6.07) is 2.83. The Bertz CT molecular complexity index is 707. The molecule has 0 atom stereocenters. The molecule has 1 aromatic rings. The maximum absolute atomic E-state index is 11.4. The second-order valence-electron chi connectivity index (χ2n) is 3.70. The molecule has 0 saturated heterocycles. The van der Waals surface area contributed by atoms with Crippen LogP contribution < -0.4 is 15.2 Å². The van der Waals surface area contributed by atoms with Gasteiger partial charge in [-0.2, -0.15) is 0 Å². The number of primary sulfonamides is 1. The van der Waals surface area contributed by atoms with Crippen molar-refractivity contribution in [2.75, 3.05) is 13.2 Å². The Balaban J connectivity index is 3.00. The lowest BCUT2D eigenvalue weighted by molar-refractivity contribution is -0.385. The summed E-state index contributed by atoms with van der Waals surface area (Å²) in [7, 11) is -4.25. The van der Waals surface area contributed by atoms with E-state index in [1.54, 1.807) is 0 Å². The van der Waals surface area contributed by atoms with Crippen LogP contribution in [-0.4, -0.2) is 32.4 Å². The third-order valence-corrected chi connectivity index (χ3v) is 3.12. The Kier molecular flexibility index (Phi) is 5.23. The molecule has 0 unspecified atom stereocenters. The highest BCUT2D eigenvalue weighted by Crippen LogP contribution is 2.27. The van der Waals surface area contributed by atoms with E-state index in [4.69, 9.17) is 16.3 Å². The van der Waals surface area contributed by atoms with Gasteiger partial charge in [0.15, 0.2) is 6.61 Å². The number of nitrogens with one attached hydrogen (secondary N) is 1. The maximum atomic E-state index is 11.4. The lowest BCUT2D eigenvalue weighted by Crippen LogP contribution is -2.29. The standard InChI is InChI=1S/C11H11N3O6S/c1-2-5-13-11(15)7-20-9-4-3-8(14(16)17)6-10(9)21(12,18)19/h1,3-4,6H,5,7H2,(H,13,15)(H2,12,18,19). The Hall–Kier alpha value is -2.64. The predicted molar refractivity (Wildman–Crippen MR) is 71.8 cm³/mol. The molecule has 3 N–H and O–H groups in total. The highest BCUT2D eigenvalue weighted by molar-refractivity contribution is 7.89. The predicted octanol–water partition coefficient (Wildman–Crippen LogP) is -0.630. The summed E-state index contributed by atoms with van der Waals surface area (Å²) in [4.78, 5) is 20.6. The average Bonchev–Trinajstić information content (AvgIpc) is 2.41. The third kappa shape index (κ3) is 4.75. The van der Waals surface area contributed by atoms with Crippen LogP contribution in [0.4, 0.5) is 5.69 Å². The van der Waals surface area contributed by atoms with Crippen molar-refractivity contribution in [2.45, 2.75) is 4.90 Å². The molecule has 0 bridgehead atoms. The van der Waals surface area contributed by atoms with Crippen LogP contribution in [0.5, 0.6) is 5.75 Å². The molecule has 0 aliphatic heterocycles. The second-order valence-corrected chi connectivity index (χ2v) is 5.23. The van der Waals surface area contributed by atoms with Gasteiger partial charge in [-0.05, 0) is 6.07 Å². The van der Waals surface area contributed by atoms with Gasteiger partial charge in [0.2, 0.25) is 10.0 Å². The fourth-order valence-corrected chi connectivity index (χ4v) is 1.99. The minimum Gasteiger partial charge on any atom is -0.482 e. The summed E-state index contributed by atoms with van der Waals surface area (Å²) < 4.78 is 27.8. The number of non-ortho nitro benzene ring substituents is 1. The normalized spacial score (nSPS) is 10.5. The van der Waals surface area contributed by atoms with Crippen molar-refractivity contribution in [1.82, 2.24) is 5.32 Å². The number of nitrogens with zero attached hydrogens (tertiary/aromatic N) is 1. The number of terminal acetylenes is 1. The van der Waals surface area contributed by atoms with Crippen LogP contribution >= 0.6 is 0 Å². The quantitative estimate of drug-likeness (QED) is 0.407. The van der Waals surface area contributed by atoms with Crippen LogP contribution in [0.3, 0.4) is 0 Å². The number of amides is 1. The number of hydrogen-bond acceptors (Lipinski definition) is 6. The summed E-state index contributed by atoms with van der Waals surface area (Å²) in [6.07, 6.45) is 4.95. The molecule has 0 saturated carbocycles. The number of carbonyl (C=O) groups excluding carboxylic acids is 1. The Morgan fingerprint density at radius 3 is 2.71 bits per heavy atom. The molecule has 0 radical (unpaired) electrons. The SMILES string of the molecule is C#CCNC(=O)COc1ccc([N+](=O)[O-])cc1S(N)(=O)=O. The van der Waals surface area contributed by atoms with Crippen molar-refractivity contribution in [3.8, 4) is 18.1 Å². The van der Waals surface area contributed by atoms with Gasteiger partial charge in [0, 0.05) is 12.1 Å². The van der Waals surface area contributed by atoms with E-state index in [2.05, 4.69) is 11.2 Å². The molecule has 0 fully saturated rings. The number of nitro groups is 1. The van der Waals surface area contributed by atoms with E-state index in [1.807, 2.05) is 0 Å². The third-order valence-electron chi connectivity index (χ3n) is 2.19. The summed E-state index contributed by atoms with van der Waals surface area (Å²) in [6.45, 7) is -0.521. The molecule has 21 heavy (non-hydrogen) atoms. The zero-order valence-electron chi connectivity index (χ0n) is 10.6. The number of nitrogens with two attached hydrogens (primary N) is 1. The van der Waals surface area contributed by atoms with Crippen molar-refractivity contribution >= 4 is 21.6 Å². The molecule has 0 spiro atoms. The second kappa shape index (κ2) is 6.69. The largest absolute Gasteiger partial charge is 0.482 e. The van der Waals surface area contributed by atoms with Gasteiger partial charge in [-0.15, -0.1) is 6.42 Å². The number of carbonyl (C=O) groups is 1. The van der Waals surface area contributed by atoms with Gasteiger partial charge in [-0.1, -0.05) is 5.92 Å². The van der Waals surface area contributed by atoms with Gasteiger partial charge in [-0.3, -0.25) is 14.9 Å². The Labute approximate surface area is 120 Å². The summed E-state index contributed by atoms with van der Waals surface area (Å²) in [5.74, 6) is 1.33. The van der Waals surface area contributed by atoms with Crippen molar-refractivity contribution in [3.05, 3.63) is 28.3 Å². The molecule has 1 aromatic carbocycles. The number of rotatable bonds is 6. The van der Waals surface area contributed by atoms with Gasteiger partial charge in [0.25, 0.3) is 11.6 Å². The van der Waals surface area contributed by atoms with Crippen molar-refractivity contribution in [1.29, 1.82) is 0 Å². The van der Waals surface area contributed by atoms with Gasteiger partial charge >= 0.3 is 0 Å². The molecule has 112 valence electrons. The Morgan fingerprint density at radius 2 is 2.19 bits per heavy atom. The molecule has 9 nitrogen and oxygen atoms in total. The van der Waals surface area contributed by atoms with Gasteiger partial charge in [-0.25, -0.2) is 13.6 Å². The molecule has 10 heteroatoms. The van der Waals surface area contributed by atoms with Crippen LogP contribution in [0.1, 0.15) is 0 Å². The van der Waals surface area contributed by atoms with E-state index in [9.17, 15) is 23.3 Å². The summed E-state index contributed by atoms with van der Waals surface area (Å²) >= 11 is 0. The van der Waals surface area contributed by atoms with Crippen LogP contribution in [0.15, 0.2) is 23.1 Å². The Morgan fingerprint density at radius 1 is 1.52 bits per heavy atom. The maximum Gasteiger partial charge on any atom is 0.271 e. The zero-order valence-corrected chi connectivity index (χ0v) is 11.4. The first-order valence-electron chi connectivity index (χ1n) is 5.40. The zero-order chi connectivity index (χ0) is 16.0. The molecule has 1 rings (SSSR count). The highest BCUT2D eigenvalue weighted by Gasteiger charge is 2.20. The fraction of sp³-hybridized carbons (Fsp3) is 0.182. The van der Waals surface area contributed by atoms with Gasteiger partial charge in [0.1, 0.15) is 10.6 Å². The molecular weight excluding hydrogens is 302 g/mol. The molecule has 0 aliphatic carbocycles. The number of nitro benzene ring substituents is 1.